The molecule has 0 atom stereocenters. The van der Waals surface area contributed by atoms with Crippen molar-refractivity contribution in [1.29, 1.82) is 0 Å². The molecule has 1 aromatic heterocycles. The highest BCUT2D eigenvalue weighted by Crippen LogP contribution is 2.35. The highest BCUT2D eigenvalue weighted by molar-refractivity contribution is 7.21. The number of fused-ring (bicyclic) bond motifs is 1. The first kappa shape index (κ1) is 24.4. The van der Waals surface area contributed by atoms with Crippen molar-refractivity contribution in [1.82, 2.24) is 5.43 Å². The number of hydrogen-bond acceptors (Lipinski definition) is 6. The third-order valence-corrected chi connectivity index (χ3v) is 6.79. The Kier molecular flexibility index (Phi) is 7.80. The molecule has 1 N–H and O–H groups in total. The van der Waals surface area contributed by atoms with E-state index in [0.717, 1.165) is 15.6 Å². The number of hydrogen-bond donors (Lipinski definition) is 1. The Morgan fingerprint density at radius 3 is 2.37 bits per heavy atom. The second-order valence-electron chi connectivity index (χ2n) is 8.01. The Morgan fingerprint density at radius 2 is 1.69 bits per heavy atom. The van der Waals surface area contributed by atoms with Crippen LogP contribution in [-0.2, 0) is 4.79 Å². The standard InChI is InChI=1S/C27H23ClN2O4S/c1-17(2)19-9-13-20(14-10-19)33-16-24(31)30-29-15-18-7-11-21(12-8-18)34-27(32)26-25(28)22-5-3-4-6-23(22)35-26/h3-15,17H,16H2,1-2H3,(H,30,31)/b29-15+. The van der Waals surface area contributed by atoms with Gasteiger partial charge >= 0.3 is 5.97 Å². The normalized spacial score (nSPS) is 11.2. The molecule has 4 aromatic rings. The van der Waals surface area contributed by atoms with Crippen molar-refractivity contribution in [2.75, 3.05) is 6.61 Å². The first-order valence-corrected chi connectivity index (χ1v) is 12.1. The van der Waals surface area contributed by atoms with Gasteiger partial charge in [-0.15, -0.1) is 11.3 Å². The molecule has 1 amide bonds. The van der Waals surface area contributed by atoms with Gasteiger partial charge in [-0.3, -0.25) is 4.79 Å². The Balaban J connectivity index is 1.26. The van der Waals surface area contributed by atoms with E-state index in [9.17, 15) is 9.59 Å². The number of carbonyl (C=O) groups is 2. The van der Waals surface area contributed by atoms with Crippen molar-refractivity contribution in [2.24, 2.45) is 5.10 Å². The second kappa shape index (κ2) is 11.2. The van der Waals surface area contributed by atoms with E-state index < -0.39 is 5.97 Å². The van der Waals surface area contributed by atoms with E-state index in [-0.39, 0.29) is 12.5 Å². The van der Waals surface area contributed by atoms with Gasteiger partial charge in [-0.05, 0) is 59.5 Å². The molecule has 0 aliphatic rings. The van der Waals surface area contributed by atoms with Crippen molar-refractivity contribution < 1.29 is 19.1 Å². The Morgan fingerprint density at radius 1 is 1.00 bits per heavy atom. The summed E-state index contributed by atoms with van der Waals surface area (Å²) in [5.74, 6) is 0.545. The third-order valence-electron chi connectivity index (χ3n) is 5.13. The number of carbonyl (C=O) groups excluding carboxylic acids is 2. The fourth-order valence-electron chi connectivity index (χ4n) is 3.23. The highest BCUT2D eigenvalue weighted by atomic mass is 35.5. The van der Waals surface area contributed by atoms with Gasteiger partial charge in [-0.1, -0.05) is 55.8 Å². The van der Waals surface area contributed by atoms with Gasteiger partial charge in [0.2, 0.25) is 0 Å². The monoisotopic (exact) mass is 506 g/mol. The van der Waals surface area contributed by atoms with Crippen LogP contribution in [0.5, 0.6) is 11.5 Å². The number of amides is 1. The summed E-state index contributed by atoms with van der Waals surface area (Å²) in [6.07, 6.45) is 1.49. The smallest absolute Gasteiger partial charge is 0.355 e. The number of benzene rings is 3. The van der Waals surface area contributed by atoms with Crippen molar-refractivity contribution in [3.8, 4) is 11.5 Å². The number of thiophene rings is 1. The molecule has 0 bridgehead atoms. The van der Waals surface area contributed by atoms with E-state index in [0.29, 0.717) is 27.3 Å². The van der Waals surface area contributed by atoms with Gasteiger partial charge in [0.05, 0.1) is 11.2 Å². The largest absolute Gasteiger partial charge is 0.484 e. The molecule has 0 aliphatic carbocycles. The van der Waals surface area contributed by atoms with Crippen LogP contribution in [0.15, 0.2) is 77.9 Å². The highest BCUT2D eigenvalue weighted by Gasteiger charge is 2.18. The van der Waals surface area contributed by atoms with Crippen molar-refractivity contribution in [3.63, 3.8) is 0 Å². The number of nitrogens with one attached hydrogen (secondary N) is 1. The summed E-state index contributed by atoms with van der Waals surface area (Å²) in [5.41, 5.74) is 4.35. The number of halogens is 1. The number of hydrazone groups is 1. The average Bonchev–Trinajstić information content (AvgIpc) is 3.21. The van der Waals surface area contributed by atoms with Gasteiger partial charge < -0.3 is 9.47 Å². The van der Waals surface area contributed by atoms with E-state index in [2.05, 4.69) is 24.4 Å². The summed E-state index contributed by atoms with van der Waals surface area (Å²) in [4.78, 5) is 24.9. The maximum Gasteiger partial charge on any atom is 0.355 e. The summed E-state index contributed by atoms with van der Waals surface area (Å²) in [7, 11) is 0. The zero-order valence-corrected chi connectivity index (χ0v) is 20.7. The van der Waals surface area contributed by atoms with E-state index >= 15 is 0 Å². The molecule has 6 nitrogen and oxygen atoms in total. The van der Waals surface area contributed by atoms with E-state index in [1.54, 1.807) is 24.3 Å². The van der Waals surface area contributed by atoms with E-state index in [1.165, 1.54) is 23.1 Å². The SMILES string of the molecule is CC(C)c1ccc(OCC(=O)N/N=C/c2ccc(OC(=O)c3sc4ccccc4c3Cl)cc2)cc1. The predicted molar refractivity (Wildman–Crippen MR) is 140 cm³/mol. The van der Waals surface area contributed by atoms with Crippen LogP contribution in [-0.4, -0.2) is 24.7 Å². The lowest BCUT2D eigenvalue weighted by atomic mass is 10.0. The van der Waals surface area contributed by atoms with E-state index in [1.807, 2.05) is 48.5 Å². The summed E-state index contributed by atoms with van der Waals surface area (Å²) in [6, 6.07) is 21.9. The van der Waals surface area contributed by atoms with Crippen molar-refractivity contribution in [3.05, 3.63) is 93.8 Å². The van der Waals surface area contributed by atoms with Crippen LogP contribution in [0.3, 0.4) is 0 Å². The molecular weight excluding hydrogens is 484 g/mol. The van der Waals surface area contributed by atoms with Crippen LogP contribution in [0.4, 0.5) is 0 Å². The zero-order valence-electron chi connectivity index (χ0n) is 19.2. The maximum absolute atomic E-state index is 12.6. The summed E-state index contributed by atoms with van der Waals surface area (Å²) in [6.45, 7) is 4.09. The van der Waals surface area contributed by atoms with Crippen LogP contribution in [0, 0.1) is 0 Å². The molecule has 0 saturated carbocycles. The molecule has 0 fully saturated rings. The average molecular weight is 507 g/mol. The molecule has 35 heavy (non-hydrogen) atoms. The summed E-state index contributed by atoms with van der Waals surface area (Å²) in [5, 5.41) is 5.16. The molecule has 178 valence electrons. The zero-order chi connectivity index (χ0) is 24.8. The molecule has 8 heteroatoms. The number of rotatable bonds is 8. The molecule has 0 unspecified atom stereocenters. The fourth-order valence-corrected chi connectivity index (χ4v) is 4.61. The number of esters is 1. The Labute approximate surface area is 212 Å². The van der Waals surface area contributed by atoms with Gasteiger partial charge in [-0.25, -0.2) is 10.2 Å². The van der Waals surface area contributed by atoms with Gasteiger partial charge in [0.15, 0.2) is 6.61 Å². The molecule has 0 aliphatic heterocycles. The van der Waals surface area contributed by atoms with Crippen LogP contribution in [0.25, 0.3) is 10.1 Å². The van der Waals surface area contributed by atoms with Gasteiger partial charge in [0.25, 0.3) is 5.91 Å². The fraction of sp³-hybridized carbons (Fsp3) is 0.148. The third kappa shape index (κ3) is 6.26. The van der Waals surface area contributed by atoms with Crippen molar-refractivity contribution in [2.45, 2.75) is 19.8 Å². The minimum atomic E-state index is -0.510. The Hall–Kier alpha value is -3.68. The van der Waals surface area contributed by atoms with Crippen LogP contribution in [0.2, 0.25) is 5.02 Å². The van der Waals surface area contributed by atoms with Crippen molar-refractivity contribution >= 4 is 51.1 Å². The van der Waals surface area contributed by atoms with Gasteiger partial charge in [0.1, 0.15) is 16.4 Å². The lowest BCUT2D eigenvalue weighted by Crippen LogP contribution is -2.24. The molecule has 0 spiro atoms. The lowest BCUT2D eigenvalue weighted by Gasteiger charge is -2.08. The quantitative estimate of drug-likeness (QED) is 0.129. The van der Waals surface area contributed by atoms with Crippen LogP contribution >= 0.6 is 22.9 Å². The molecule has 0 saturated heterocycles. The molecule has 4 rings (SSSR count). The molecule has 0 radical (unpaired) electrons. The van der Waals surface area contributed by atoms with Crippen LogP contribution in [0.1, 0.15) is 40.6 Å². The van der Waals surface area contributed by atoms with Gasteiger partial charge in [-0.2, -0.15) is 5.10 Å². The topological polar surface area (TPSA) is 77.0 Å². The lowest BCUT2D eigenvalue weighted by molar-refractivity contribution is -0.123. The molecular formula is C27H23ClN2O4S. The predicted octanol–water partition coefficient (Wildman–Crippen LogP) is 6.43. The minimum absolute atomic E-state index is 0.145. The molecule has 3 aromatic carbocycles. The second-order valence-corrected chi connectivity index (χ2v) is 9.44. The first-order valence-electron chi connectivity index (χ1n) is 10.9. The molecule has 1 heterocycles. The van der Waals surface area contributed by atoms with Gasteiger partial charge in [0, 0.05) is 10.1 Å². The maximum atomic E-state index is 12.6. The van der Waals surface area contributed by atoms with Crippen LogP contribution < -0.4 is 14.9 Å². The van der Waals surface area contributed by atoms with E-state index in [4.69, 9.17) is 21.1 Å². The summed E-state index contributed by atoms with van der Waals surface area (Å²) < 4.78 is 11.9. The number of ether oxygens (including phenoxy) is 2. The first-order chi connectivity index (χ1) is 16.9. The minimum Gasteiger partial charge on any atom is -0.484 e. The Bertz CT molecular complexity index is 1360. The summed E-state index contributed by atoms with van der Waals surface area (Å²) >= 11 is 7.64. The number of nitrogens with zero attached hydrogens (tertiary/aromatic N) is 1.